The van der Waals surface area contributed by atoms with Crippen LogP contribution in [0.4, 0.5) is 17.7 Å². The van der Waals surface area contributed by atoms with Crippen LogP contribution in [0.1, 0.15) is 24.2 Å². The van der Waals surface area contributed by atoms with Crippen molar-refractivity contribution < 1.29 is 9.84 Å². The van der Waals surface area contributed by atoms with E-state index in [0.717, 1.165) is 60.6 Å². The summed E-state index contributed by atoms with van der Waals surface area (Å²) in [6.45, 7) is 7.84. The highest BCUT2D eigenvalue weighted by Gasteiger charge is 2.25. The van der Waals surface area contributed by atoms with Gasteiger partial charge in [-0.05, 0) is 36.2 Å². The van der Waals surface area contributed by atoms with Crippen molar-refractivity contribution in [1.82, 2.24) is 19.9 Å². The number of aliphatic hydroxyl groups excluding tert-OH is 1. The van der Waals surface area contributed by atoms with Crippen LogP contribution in [0.15, 0.2) is 42.6 Å². The Morgan fingerprint density at radius 2 is 1.60 bits per heavy atom. The van der Waals surface area contributed by atoms with Gasteiger partial charge in [0.1, 0.15) is 5.82 Å². The average Bonchev–Trinajstić information content (AvgIpc) is 2.93. The predicted molar refractivity (Wildman–Crippen MR) is 145 cm³/mol. The molecule has 10 heteroatoms. The maximum atomic E-state index is 10.5. The minimum atomic E-state index is -0.623. The molecule has 1 atom stereocenters. The van der Waals surface area contributed by atoms with E-state index < -0.39 is 6.10 Å². The molecule has 184 valence electrons. The van der Waals surface area contributed by atoms with Gasteiger partial charge >= 0.3 is 0 Å². The number of halogens is 1. The van der Waals surface area contributed by atoms with Gasteiger partial charge in [-0.25, -0.2) is 4.98 Å². The summed E-state index contributed by atoms with van der Waals surface area (Å²) in [6, 6.07) is 12.1. The lowest BCUT2D eigenvalue weighted by atomic mass is 10.00. The number of hydrogen-bond donors (Lipinski definition) is 1. The number of aromatic nitrogens is 4. The third-order valence-corrected chi connectivity index (χ3v) is 7.29. The van der Waals surface area contributed by atoms with Gasteiger partial charge in [-0.2, -0.15) is 15.0 Å². The Morgan fingerprint density at radius 1 is 0.914 bits per heavy atom. The normalized spacial score (nSPS) is 17.5. The number of rotatable bonds is 6. The first kappa shape index (κ1) is 24.1. The summed E-state index contributed by atoms with van der Waals surface area (Å²) in [6.07, 6.45) is 1.21. The summed E-state index contributed by atoms with van der Waals surface area (Å²) in [5, 5.41) is 10.5. The van der Waals surface area contributed by atoms with Crippen molar-refractivity contribution in [2.24, 2.45) is 0 Å². The molecule has 2 fully saturated rings. The van der Waals surface area contributed by atoms with Crippen molar-refractivity contribution in [3.8, 4) is 11.4 Å². The van der Waals surface area contributed by atoms with Crippen LogP contribution in [0, 0.1) is 0 Å². The summed E-state index contributed by atoms with van der Waals surface area (Å²) in [4.78, 5) is 25.9. The number of nitrogens with zero attached hydrogens (tertiary/aromatic N) is 7. The molecule has 4 heterocycles. The van der Waals surface area contributed by atoms with Gasteiger partial charge < -0.3 is 24.5 Å². The molecule has 3 aromatic rings. The largest absolute Gasteiger partial charge is 0.389 e. The Morgan fingerprint density at radius 3 is 2.23 bits per heavy atom. The molecule has 9 nitrogen and oxygen atoms in total. The average molecular weight is 587 g/mol. The van der Waals surface area contributed by atoms with Crippen molar-refractivity contribution in [2.75, 3.05) is 67.2 Å². The van der Waals surface area contributed by atoms with Crippen molar-refractivity contribution in [3.05, 3.63) is 53.7 Å². The number of hydrogen-bond acceptors (Lipinski definition) is 9. The van der Waals surface area contributed by atoms with E-state index in [-0.39, 0.29) is 0 Å². The van der Waals surface area contributed by atoms with E-state index >= 15 is 0 Å². The van der Waals surface area contributed by atoms with Gasteiger partial charge in [-0.15, -0.1) is 0 Å². The van der Waals surface area contributed by atoms with Crippen molar-refractivity contribution in [1.29, 1.82) is 0 Å². The molecule has 1 aromatic carbocycles. The Hall–Kier alpha value is -2.57. The van der Waals surface area contributed by atoms with E-state index in [1.54, 1.807) is 6.92 Å². The number of anilines is 3. The molecule has 2 saturated heterocycles. The Labute approximate surface area is 219 Å². The number of morpholine rings is 1. The van der Waals surface area contributed by atoms with E-state index in [4.69, 9.17) is 19.7 Å². The first-order valence-corrected chi connectivity index (χ1v) is 13.5. The van der Waals surface area contributed by atoms with Crippen LogP contribution < -0.4 is 14.7 Å². The monoisotopic (exact) mass is 587 g/mol. The van der Waals surface area contributed by atoms with Gasteiger partial charge in [-0.3, -0.25) is 0 Å². The van der Waals surface area contributed by atoms with Gasteiger partial charge in [0.25, 0.3) is 0 Å². The third-order valence-electron chi connectivity index (χ3n) is 6.40. The maximum Gasteiger partial charge on any atom is 0.230 e. The highest BCUT2D eigenvalue weighted by Crippen LogP contribution is 2.30. The highest BCUT2D eigenvalue weighted by molar-refractivity contribution is 14.1. The van der Waals surface area contributed by atoms with Crippen LogP contribution in [0.25, 0.3) is 11.4 Å². The van der Waals surface area contributed by atoms with E-state index in [1.165, 1.54) is 5.56 Å². The van der Waals surface area contributed by atoms with E-state index in [1.807, 2.05) is 30.5 Å². The minimum Gasteiger partial charge on any atom is -0.389 e. The zero-order valence-electron chi connectivity index (χ0n) is 19.8. The van der Waals surface area contributed by atoms with Crippen LogP contribution in [0.5, 0.6) is 0 Å². The number of ether oxygens (including phenoxy) is 1. The molecule has 2 aromatic heterocycles. The van der Waals surface area contributed by atoms with Crippen molar-refractivity contribution in [3.63, 3.8) is 0 Å². The van der Waals surface area contributed by atoms with Gasteiger partial charge in [0, 0.05) is 55.5 Å². The molecule has 0 radical (unpaired) electrons. The quantitative estimate of drug-likeness (QED) is 0.345. The number of aliphatic hydroxyl groups is 1. The summed E-state index contributed by atoms with van der Waals surface area (Å²) in [5.74, 6) is 2.94. The lowest BCUT2D eigenvalue weighted by molar-refractivity contribution is 0.122. The molecule has 0 bridgehead atoms. The number of benzene rings is 1. The van der Waals surface area contributed by atoms with Crippen molar-refractivity contribution >= 4 is 40.3 Å². The molecule has 1 N–H and O–H groups in total. The lowest BCUT2D eigenvalue weighted by Crippen LogP contribution is -2.47. The predicted octanol–water partition coefficient (Wildman–Crippen LogP) is 3.09. The molecule has 35 heavy (non-hydrogen) atoms. The SMILES string of the molecule is CC(O)c1ccc(CI)cc1-c1nc(N2CCOCC2)nc(N2CCN(c3ccccn3)CC2)n1. The molecule has 0 saturated carbocycles. The summed E-state index contributed by atoms with van der Waals surface area (Å²) >= 11 is 2.35. The fourth-order valence-corrected chi connectivity index (χ4v) is 4.92. The maximum absolute atomic E-state index is 10.5. The van der Waals surface area contributed by atoms with Gasteiger partial charge in [0.05, 0.1) is 19.3 Å². The van der Waals surface area contributed by atoms with Crippen LogP contribution in [-0.2, 0) is 9.16 Å². The van der Waals surface area contributed by atoms with Crippen LogP contribution in [-0.4, -0.2) is 77.5 Å². The molecule has 0 spiro atoms. The molecule has 0 amide bonds. The second-order valence-electron chi connectivity index (χ2n) is 8.75. The molecule has 1 unspecified atom stereocenters. The fraction of sp³-hybridized carbons (Fsp3) is 0.440. The van der Waals surface area contributed by atoms with E-state index in [2.05, 4.69) is 54.4 Å². The highest BCUT2D eigenvalue weighted by atomic mass is 127. The molecule has 0 aliphatic carbocycles. The Bertz CT molecular complexity index is 1130. The van der Waals surface area contributed by atoms with Gasteiger partial charge in [0.15, 0.2) is 5.82 Å². The number of pyridine rings is 1. The second-order valence-corrected chi connectivity index (χ2v) is 9.51. The van der Waals surface area contributed by atoms with Crippen LogP contribution in [0.2, 0.25) is 0 Å². The zero-order chi connectivity index (χ0) is 24.2. The first-order valence-electron chi connectivity index (χ1n) is 12.0. The molecular formula is C25H30IN7O2. The fourth-order valence-electron chi connectivity index (χ4n) is 4.44. The van der Waals surface area contributed by atoms with Crippen LogP contribution >= 0.6 is 22.6 Å². The molecule has 2 aliphatic rings. The first-order chi connectivity index (χ1) is 17.1. The van der Waals surface area contributed by atoms with Crippen molar-refractivity contribution in [2.45, 2.75) is 17.5 Å². The summed E-state index contributed by atoms with van der Waals surface area (Å²) in [7, 11) is 0. The minimum absolute atomic E-state index is 0.603. The molecule has 2 aliphatic heterocycles. The standard InChI is InChI=1S/C25H30IN7O2/c1-18(34)20-6-5-19(17-26)16-21(20)23-28-24(30-25(29-23)33-12-14-35-15-13-33)32-10-8-31(9-11-32)22-4-2-3-7-27-22/h2-7,16,18,34H,8-15,17H2,1H3. The number of piperazine rings is 1. The van der Waals surface area contributed by atoms with E-state index in [9.17, 15) is 5.11 Å². The summed E-state index contributed by atoms with van der Waals surface area (Å²) < 4.78 is 6.42. The zero-order valence-corrected chi connectivity index (χ0v) is 22.0. The second kappa shape index (κ2) is 11.0. The summed E-state index contributed by atoms with van der Waals surface area (Å²) in [5.41, 5.74) is 2.85. The van der Waals surface area contributed by atoms with Gasteiger partial charge in [0.2, 0.25) is 11.9 Å². The smallest absolute Gasteiger partial charge is 0.230 e. The Balaban J connectivity index is 1.49. The number of alkyl halides is 1. The Kier molecular flexibility index (Phi) is 7.59. The van der Waals surface area contributed by atoms with Crippen LogP contribution in [0.3, 0.4) is 0 Å². The lowest BCUT2D eigenvalue weighted by Gasteiger charge is -2.36. The third kappa shape index (κ3) is 5.49. The van der Waals surface area contributed by atoms with E-state index in [0.29, 0.717) is 30.9 Å². The topological polar surface area (TPSA) is 90.7 Å². The molecular weight excluding hydrogens is 557 g/mol. The van der Waals surface area contributed by atoms with Gasteiger partial charge in [-0.1, -0.05) is 40.8 Å². The molecule has 5 rings (SSSR count).